The molecule has 1 saturated carbocycles. The molecule has 1 nitrogen and oxygen atoms in total. The first kappa shape index (κ1) is 16.2. The van der Waals surface area contributed by atoms with E-state index in [1.165, 1.54) is 12.5 Å². The highest BCUT2D eigenvalue weighted by Crippen LogP contribution is 2.41. The molecule has 0 N–H and O–H groups in total. The Kier molecular flexibility index (Phi) is 5.46. The third kappa shape index (κ3) is 4.42. The van der Waals surface area contributed by atoms with Crippen LogP contribution in [0.1, 0.15) is 51.7 Å². The first-order chi connectivity index (χ1) is 9.39. The molecule has 1 aromatic rings. The van der Waals surface area contributed by atoms with Crippen molar-refractivity contribution in [3.63, 3.8) is 0 Å². The van der Waals surface area contributed by atoms with Crippen LogP contribution in [0.4, 0.5) is 4.39 Å². The lowest BCUT2D eigenvalue weighted by Gasteiger charge is -2.40. The average molecular weight is 390 g/mol. The van der Waals surface area contributed by atoms with Gasteiger partial charge in [0.1, 0.15) is 5.82 Å². The van der Waals surface area contributed by atoms with Crippen LogP contribution >= 0.6 is 22.6 Å². The second kappa shape index (κ2) is 6.73. The maximum absolute atomic E-state index is 13.4. The molecule has 0 spiro atoms. The molecule has 1 aliphatic carbocycles. The molecule has 3 atom stereocenters. The summed E-state index contributed by atoms with van der Waals surface area (Å²) in [6.45, 7) is 6.94. The van der Waals surface area contributed by atoms with Gasteiger partial charge in [-0.05, 0) is 48.3 Å². The van der Waals surface area contributed by atoms with Gasteiger partial charge in [0.05, 0.1) is 12.2 Å². The number of hydrogen-bond donors (Lipinski definition) is 0. The Morgan fingerprint density at radius 1 is 1.40 bits per heavy atom. The van der Waals surface area contributed by atoms with Crippen molar-refractivity contribution < 1.29 is 9.13 Å². The van der Waals surface area contributed by atoms with E-state index in [0.717, 1.165) is 22.8 Å². The predicted molar refractivity (Wildman–Crippen MR) is 89.7 cm³/mol. The van der Waals surface area contributed by atoms with E-state index in [2.05, 4.69) is 43.4 Å². The summed E-state index contributed by atoms with van der Waals surface area (Å²) in [6.07, 6.45) is 3.77. The summed E-state index contributed by atoms with van der Waals surface area (Å²) in [5.41, 5.74) is 1.30. The van der Waals surface area contributed by atoms with Gasteiger partial charge in [0.25, 0.3) is 0 Å². The number of benzene rings is 1. The normalized spacial score (nSPS) is 27.2. The SMILES string of the molecule is CC1CC(OC(CI)c2cccc(F)c2)CC(C)(C)C1. The summed E-state index contributed by atoms with van der Waals surface area (Å²) in [7, 11) is 0. The van der Waals surface area contributed by atoms with E-state index >= 15 is 0 Å². The van der Waals surface area contributed by atoms with Crippen molar-refractivity contribution in [2.75, 3.05) is 4.43 Å². The van der Waals surface area contributed by atoms with Crippen molar-refractivity contribution >= 4 is 22.6 Å². The van der Waals surface area contributed by atoms with Crippen molar-refractivity contribution in [2.24, 2.45) is 11.3 Å². The molecule has 0 heterocycles. The molecule has 1 fully saturated rings. The summed E-state index contributed by atoms with van der Waals surface area (Å²) in [4.78, 5) is 0. The van der Waals surface area contributed by atoms with Crippen LogP contribution in [0.5, 0.6) is 0 Å². The fourth-order valence-electron chi connectivity index (χ4n) is 3.51. The highest BCUT2D eigenvalue weighted by Gasteiger charge is 2.33. The molecule has 1 aliphatic rings. The minimum absolute atomic E-state index is 0.00241. The molecule has 3 unspecified atom stereocenters. The average Bonchev–Trinajstić information content (AvgIpc) is 2.33. The van der Waals surface area contributed by atoms with Crippen molar-refractivity contribution in [3.05, 3.63) is 35.6 Å². The lowest BCUT2D eigenvalue weighted by Crippen LogP contribution is -2.33. The van der Waals surface area contributed by atoms with Crippen molar-refractivity contribution in [1.82, 2.24) is 0 Å². The number of rotatable bonds is 4. The van der Waals surface area contributed by atoms with E-state index in [-0.39, 0.29) is 18.0 Å². The van der Waals surface area contributed by atoms with Crippen molar-refractivity contribution in [3.8, 4) is 0 Å². The minimum atomic E-state index is -0.182. The zero-order chi connectivity index (χ0) is 14.8. The third-order valence-corrected chi connectivity index (χ3v) is 4.86. The van der Waals surface area contributed by atoms with E-state index in [9.17, 15) is 4.39 Å². The Bertz CT molecular complexity index is 446. The predicted octanol–water partition coefficient (Wildman–Crippen LogP) is 5.53. The van der Waals surface area contributed by atoms with Crippen LogP contribution in [0.15, 0.2) is 24.3 Å². The van der Waals surface area contributed by atoms with E-state index in [4.69, 9.17) is 4.74 Å². The molecule has 1 aromatic carbocycles. The standard InChI is InChI=1S/C17H24FIO/c1-12-7-15(10-17(2,3)9-12)20-16(11-19)13-5-4-6-14(18)8-13/h4-6,8,12,15-16H,7,9-11H2,1-3H3. The number of alkyl halides is 1. The van der Waals surface area contributed by atoms with E-state index in [0.29, 0.717) is 11.3 Å². The molecule has 0 amide bonds. The topological polar surface area (TPSA) is 9.23 Å². The Morgan fingerprint density at radius 2 is 2.15 bits per heavy atom. The molecular weight excluding hydrogens is 366 g/mol. The van der Waals surface area contributed by atoms with E-state index in [1.54, 1.807) is 12.1 Å². The molecule has 112 valence electrons. The highest BCUT2D eigenvalue weighted by molar-refractivity contribution is 14.1. The summed E-state index contributed by atoms with van der Waals surface area (Å²) in [5, 5.41) is 0. The van der Waals surface area contributed by atoms with Gasteiger partial charge in [-0.1, -0.05) is 55.5 Å². The number of ether oxygens (including phenoxy) is 1. The molecular formula is C17H24FIO. The summed E-state index contributed by atoms with van der Waals surface area (Å²) >= 11 is 2.33. The van der Waals surface area contributed by atoms with Gasteiger partial charge < -0.3 is 4.74 Å². The van der Waals surface area contributed by atoms with Gasteiger partial charge in [0, 0.05) is 4.43 Å². The van der Waals surface area contributed by atoms with E-state index in [1.807, 2.05) is 6.07 Å². The van der Waals surface area contributed by atoms with Gasteiger partial charge >= 0.3 is 0 Å². The maximum atomic E-state index is 13.4. The lowest BCUT2D eigenvalue weighted by molar-refractivity contribution is -0.0574. The molecule has 0 bridgehead atoms. The fraction of sp³-hybridized carbons (Fsp3) is 0.647. The van der Waals surface area contributed by atoms with Gasteiger partial charge in [0.2, 0.25) is 0 Å². The molecule has 0 radical (unpaired) electrons. The largest absolute Gasteiger partial charge is 0.369 e. The summed E-state index contributed by atoms with van der Waals surface area (Å²) in [5.74, 6) is 0.518. The molecule has 0 aliphatic heterocycles. The first-order valence-corrected chi connectivity index (χ1v) is 8.89. The van der Waals surface area contributed by atoms with Crippen LogP contribution in [-0.2, 0) is 4.74 Å². The Hall–Kier alpha value is -0.160. The molecule has 2 rings (SSSR count). The Balaban J connectivity index is 2.06. The maximum Gasteiger partial charge on any atom is 0.123 e. The second-order valence-corrected chi connectivity index (χ2v) is 7.75. The molecule has 3 heteroatoms. The van der Waals surface area contributed by atoms with E-state index < -0.39 is 0 Å². The lowest BCUT2D eigenvalue weighted by atomic mass is 9.71. The molecule has 0 saturated heterocycles. The van der Waals surface area contributed by atoms with Crippen LogP contribution < -0.4 is 0 Å². The molecule has 20 heavy (non-hydrogen) atoms. The van der Waals surface area contributed by atoms with Crippen LogP contribution in [0.25, 0.3) is 0 Å². The number of halogens is 2. The summed E-state index contributed by atoms with van der Waals surface area (Å²) < 4.78 is 20.5. The Morgan fingerprint density at radius 3 is 2.75 bits per heavy atom. The van der Waals surface area contributed by atoms with Gasteiger partial charge in [-0.25, -0.2) is 4.39 Å². The smallest absolute Gasteiger partial charge is 0.123 e. The zero-order valence-electron chi connectivity index (χ0n) is 12.5. The first-order valence-electron chi connectivity index (χ1n) is 7.36. The monoisotopic (exact) mass is 390 g/mol. The molecule has 0 aromatic heterocycles. The van der Waals surface area contributed by atoms with Crippen LogP contribution in [0.3, 0.4) is 0 Å². The number of hydrogen-bond acceptors (Lipinski definition) is 1. The minimum Gasteiger partial charge on any atom is -0.369 e. The quantitative estimate of drug-likeness (QED) is 0.485. The van der Waals surface area contributed by atoms with Crippen molar-refractivity contribution in [1.29, 1.82) is 0 Å². The zero-order valence-corrected chi connectivity index (χ0v) is 14.7. The fourth-order valence-corrected chi connectivity index (χ4v) is 4.22. The van der Waals surface area contributed by atoms with Crippen LogP contribution in [0, 0.1) is 17.2 Å². The Labute approximate surface area is 135 Å². The van der Waals surface area contributed by atoms with Crippen LogP contribution in [0.2, 0.25) is 0 Å². The second-order valence-electron chi connectivity index (χ2n) is 6.87. The van der Waals surface area contributed by atoms with Gasteiger partial charge in [-0.15, -0.1) is 0 Å². The van der Waals surface area contributed by atoms with Crippen molar-refractivity contribution in [2.45, 2.75) is 52.2 Å². The van der Waals surface area contributed by atoms with Gasteiger partial charge in [0.15, 0.2) is 0 Å². The highest BCUT2D eigenvalue weighted by atomic mass is 127. The third-order valence-electron chi connectivity index (χ3n) is 4.06. The van der Waals surface area contributed by atoms with Crippen LogP contribution in [-0.4, -0.2) is 10.5 Å². The van der Waals surface area contributed by atoms with Gasteiger partial charge in [-0.2, -0.15) is 0 Å². The van der Waals surface area contributed by atoms with Gasteiger partial charge in [-0.3, -0.25) is 0 Å². The summed E-state index contributed by atoms with van der Waals surface area (Å²) in [6, 6.07) is 6.81.